The van der Waals surface area contributed by atoms with Gasteiger partial charge in [-0.1, -0.05) is 12.2 Å². The average molecular weight is 522 g/mol. The van der Waals surface area contributed by atoms with Crippen LogP contribution in [0.2, 0.25) is 0 Å². The minimum absolute atomic E-state index is 0.112. The Labute approximate surface area is 208 Å². The first-order valence-electron chi connectivity index (χ1n) is 10.4. The van der Waals surface area contributed by atoms with Gasteiger partial charge in [-0.05, 0) is 42.0 Å². The zero-order valence-corrected chi connectivity index (χ0v) is 21.0. The third-order valence-corrected chi connectivity index (χ3v) is 6.51. The van der Waals surface area contributed by atoms with Crippen LogP contribution in [0.25, 0.3) is 12.2 Å². The van der Waals surface area contributed by atoms with E-state index < -0.39 is 26.6 Å². The van der Waals surface area contributed by atoms with Crippen molar-refractivity contribution < 1.29 is 40.9 Å². The summed E-state index contributed by atoms with van der Waals surface area (Å²) in [6.07, 6.45) is 3.33. The Morgan fingerprint density at radius 1 is 0.694 bits per heavy atom. The van der Waals surface area contributed by atoms with Gasteiger partial charge in [0, 0.05) is 11.6 Å². The molecular formula is C25H25F2NO7S. The fourth-order valence-electron chi connectivity index (χ4n) is 3.35. The number of halogens is 2. The van der Waals surface area contributed by atoms with E-state index in [0.29, 0.717) is 40.2 Å². The van der Waals surface area contributed by atoms with E-state index in [2.05, 4.69) is 4.72 Å². The molecule has 0 amide bonds. The quantitative estimate of drug-likeness (QED) is 0.376. The van der Waals surface area contributed by atoms with Crippen molar-refractivity contribution in [1.82, 2.24) is 0 Å². The van der Waals surface area contributed by atoms with Gasteiger partial charge in [-0.25, -0.2) is 17.2 Å². The van der Waals surface area contributed by atoms with Crippen molar-refractivity contribution >= 4 is 27.9 Å². The minimum Gasteiger partial charge on any atom is -0.493 e. The first-order chi connectivity index (χ1) is 17.2. The van der Waals surface area contributed by atoms with Crippen molar-refractivity contribution in [3.8, 4) is 28.7 Å². The van der Waals surface area contributed by atoms with Gasteiger partial charge in [-0.3, -0.25) is 4.72 Å². The van der Waals surface area contributed by atoms with E-state index in [1.54, 1.807) is 30.4 Å². The van der Waals surface area contributed by atoms with Crippen LogP contribution >= 0.6 is 0 Å². The van der Waals surface area contributed by atoms with Gasteiger partial charge < -0.3 is 23.7 Å². The van der Waals surface area contributed by atoms with E-state index in [4.69, 9.17) is 23.7 Å². The second-order valence-corrected chi connectivity index (χ2v) is 8.95. The van der Waals surface area contributed by atoms with Crippen LogP contribution in [0, 0.1) is 11.6 Å². The molecule has 0 heterocycles. The molecule has 192 valence electrons. The Morgan fingerprint density at radius 3 is 1.81 bits per heavy atom. The maximum Gasteiger partial charge on any atom is 0.262 e. The highest BCUT2D eigenvalue weighted by molar-refractivity contribution is 7.92. The largest absolute Gasteiger partial charge is 0.493 e. The number of benzene rings is 3. The smallest absolute Gasteiger partial charge is 0.262 e. The predicted molar refractivity (Wildman–Crippen MR) is 132 cm³/mol. The van der Waals surface area contributed by atoms with Gasteiger partial charge in [-0.15, -0.1) is 0 Å². The Kier molecular flexibility index (Phi) is 8.25. The van der Waals surface area contributed by atoms with Crippen molar-refractivity contribution in [3.63, 3.8) is 0 Å². The molecule has 0 aliphatic carbocycles. The van der Waals surface area contributed by atoms with Crippen LogP contribution in [0.5, 0.6) is 28.7 Å². The first-order valence-corrected chi connectivity index (χ1v) is 11.9. The lowest BCUT2D eigenvalue weighted by atomic mass is 10.1. The molecular weight excluding hydrogens is 496 g/mol. The summed E-state index contributed by atoms with van der Waals surface area (Å²) in [6, 6.07) is 8.72. The average Bonchev–Trinajstić information content (AvgIpc) is 2.88. The molecule has 3 aromatic carbocycles. The molecule has 0 spiro atoms. The zero-order chi connectivity index (χ0) is 26.5. The molecule has 3 rings (SSSR count). The second-order valence-electron chi connectivity index (χ2n) is 7.27. The Morgan fingerprint density at radius 2 is 1.28 bits per heavy atom. The number of nitrogens with one attached hydrogen (secondary N) is 1. The standard InChI is InChI=1S/C25H25F2NO7S/c1-31-21-12-16(7-6-15-10-23(33-3)25(35-5)24(11-15)34-4)20(14-22(21)32-2)28-36(29,30)17-8-9-18(26)19(27)13-17/h6-14,28H,1-5H3/b7-6-. The minimum atomic E-state index is -4.28. The molecule has 0 radical (unpaired) electrons. The number of methoxy groups -OCH3 is 5. The van der Waals surface area contributed by atoms with Crippen molar-refractivity contribution in [3.05, 3.63) is 65.2 Å². The van der Waals surface area contributed by atoms with Gasteiger partial charge in [0.05, 0.1) is 46.1 Å². The number of sulfonamides is 1. The number of hydrogen-bond donors (Lipinski definition) is 1. The molecule has 0 saturated carbocycles. The molecule has 36 heavy (non-hydrogen) atoms. The number of ether oxygens (including phenoxy) is 5. The third kappa shape index (κ3) is 5.62. The molecule has 0 aromatic heterocycles. The van der Waals surface area contributed by atoms with Crippen molar-refractivity contribution in [2.45, 2.75) is 4.90 Å². The molecule has 0 fully saturated rings. The van der Waals surface area contributed by atoms with Crippen LogP contribution in [0.15, 0.2) is 47.4 Å². The van der Waals surface area contributed by atoms with E-state index >= 15 is 0 Å². The third-order valence-electron chi connectivity index (χ3n) is 5.14. The normalized spacial score (nSPS) is 11.3. The molecule has 1 N–H and O–H groups in total. The highest BCUT2D eigenvalue weighted by Gasteiger charge is 2.20. The molecule has 0 bridgehead atoms. The molecule has 11 heteroatoms. The molecule has 0 aliphatic heterocycles. The van der Waals surface area contributed by atoms with E-state index in [0.717, 1.165) is 12.1 Å². The van der Waals surface area contributed by atoms with Gasteiger partial charge in [-0.2, -0.15) is 0 Å². The van der Waals surface area contributed by atoms with E-state index in [1.165, 1.54) is 41.6 Å². The lowest BCUT2D eigenvalue weighted by Crippen LogP contribution is -2.14. The fraction of sp³-hybridized carbons (Fsp3) is 0.200. The summed E-state index contributed by atoms with van der Waals surface area (Å²) in [5.74, 6) is -0.556. The number of rotatable bonds is 10. The van der Waals surface area contributed by atoms with Crippen LogP contribution in [0.1, 0.15) is 11.1 Å². The summed E-state index contributed by atoms with van der Waals surface area (Å²) in [4.78, 5) is -0.448. The maximum atomic E-state index is 13.7. The van der Waals surface area contributed by atoms with E-state index in [9.17, 15) is 17.2 Å². The molecule has 0 atom stereocenters. The highest BCUT2D eigenvalue weighted by Crippen LogP contribution is 2.39. The summed E-state index contributed by atoms with van der Waals surface area (Å²) >= 11 is 0. The van der Waals surface area contributed by atoms with Crippen LogP contribution in [-0.2, 0) is 10.0 Å². The zero-order valence-electron chi connectivity index (χ0n) is 20.2. The van der Waals surface area contributed by atoms with Crippen LogP contribution < -0.4 is 28.4 Å². The maximum absolute atomic E-state index is 13.7. The second kappa shape index (κ2) is 11.2. The van der Waals surface area contributed by atoms with Gasteiger partial charge >= 0.3 is 0 Å². The molecule has 3 aromatic rings. The van der Waals surface area contributed by atoms with Gasteiger partial charge in [0.1, 0.15) is 0 Å². The highest BCUT2D eigenvalue weighted by atomic mass is 32.2. The van der Waals surface area contributed by atoms with Crippen molar-refractivity contribution in [2.75, 3.05) is 40.3 Å². The summed E-state index contributed by atoms with van der Waals surface area (Å²) in [5, 5.41) is 0. The predicted octanol–water partition coefficient (Wildman–Crippen LogP) is 4.98. The van der Waals surface area contributed by atoms with Gasteiger partial charge in [0.2, 0.25) is 5.75 Å². The Bertz CT molecular complexity index is 1370. The lowest BCUT2D eigenvalue weighted by Gasteiger charge is -2.15. The van der Waals surface area contributed by atoms with Gasteiger partial charge in [0.25, 0.3) is 10.0 Å². The van der Waals surface area contributed by atoms with Crippen LogP contribution in [0.3, 0.4) is 0 Å². The lowest BCUT2D eigenvalue weighted by molar-refractivity contribution is 0.324. The Balaban J connectivity index is 2.09. The molecule has 0 unspecified atom stereocenters. The molecule has 8 nitrogen and oxygen atoms in total. The van der Waals surface area contributed by atoms with Crippen LogP contribution in [0.4, 0.5) is 14.5 Å². The van der Waals surface area contributed by atoms with Crippen molar-refractivity contribution in [2.24, 2.45) is 0 Å². The first kappa shape index (κ1) is 26.6. The Hall–Kier alpha value is -3.99. The summed E-state index contributed by atoms with van der Waals surface area (Å²) < 4.78 is 82.0. The monoisotopic (exact) mass is 521 g/mol. The van der Waals surface area contributed by atoms with Crippen LogP contribution in [-0.4, -0.2) is 44.0 Å². The summed E-state index contributed by atoms with van der Waals surface area (Å²) in [6.45, 7) is 0. The van der Waals surface area contributed by atoms with Gasteiger partial charge in [0.15, 0.2) is 34.6 Å². The SMILES string of the molecule is COc1cc(/C=C\c2cc(OC)c(OC)c(OC)c2)c(NS(=O)(=O)c2ccc(F)c(F)c2)cc1OC. The fourth-order valence-corrected chi connectivity index (χ4v) is 4.44. The number of anilines is 1. The topological polar surface area (TPSA) is 92.3 Å². The summed E-state index contributed by atoms with van der Waals surface area (Å²) in [7, 11) is 3.04. The number of hydrogen-bond acceptors (Lipinski definition) is 7. The van der Waals surface area contributed by atoms with E-state index in [-0.39, 0.29) is 11.4 Å². The molecule has 0 aliphatic rings. The van der Waals surface area contributed by atoms with E-state index in [1.807, 2.05) is 0 Å². The molecule has 0 saturated heterocycles. The van der Waals surface area contributed by atoms with Crippen molar-refractivity contribution in [1.29, 1.82) is 0 Å². The summed E-state index contributed by atoms with van der Waals surface area (Å²) in [5.41, 5.74) is 1.17.